The normalized spacial score (nSPS) is 12.1. The van der Waals surface area contributed by atoms with E-state index >= 15 is 0 Å². The highest BCUT2D eigenvalue weighted by Gasteiger charge is 2.19. The molecule has 0 N–H and O–H groups in total. The third-order valence-corrected chi connectivity index (χ3v) is 11.2. The topological polar surface area (TPSA) is 78.9 Å². The predicted octanol–water partition coefficient (Wildman–Crippen LogP) is 16.4. The lowest BCUT2D eigenvalue weighted by Gasteiger charge is -2.18. The van der Waals surface area contributed by atoms with Crippen LogP contribution in [0.5, 0.6) is 0 Å². The second kappa shape index (κ2) is 47.6. The highest BCUT2D eigenvalue weighted by atomic mass is 16.6. The van der Waals surface area contributed by atoms with Crippen LogP contribution in [0.25, 0.3) is 0 Å². The van der Waals surface area contributed by atoms with Crippen molar-refractivity contribution >= 4 is 17.9 Å². The van der Waals surface area contributed by atoms with Crippen molar-refractivity contribution in [2.75, 3.05) is 13.2 Å². The van der Waals surface area contributed by atoms with E-state index in [-0.39, 0.29) is 31.1 Å². The average Bonchev–Trinajstić information content (AvgIpc) is 3.22. The molecule has 340 valence electrons. The van der Waals surface area contributed by atoms with Gasteiger partial charge in [0.15, 0.2) is 6.10 Å². The predicted molar refractivity (Wildman–Crippen MR) is 247 cm³/mol. The van der Waals surface area contributed by atoms with Crippen molar-refractivity contribution < 1.29 is 28.6 Å². The average molecular weight is 817 g/mol. The fraction of sp³-hybridized carbons (Fsp3) is 0.865. The maximum atomic E-state index is 12.7. The fourth-order valence-electron chi connectivity index (χ4n) is 7.32. The number of esters is 3. The van der Waals surface area contributed by atoms with Crippen LogP contribution in [-0.4, -0.2) is 37.2 Å². The molecule has 0 saturated heterocycles. The first-order chi connectivity index (χ1) is 28.5. The van der Waals surface area contributed by atoms with Crippen molar-refractivity contribution in [2.45, 2.75) is 277 Å². The minimum Gasteiger partial charge on any atom is -0.462 e. The van der Waals surface area contributed by atoms with Crippen LogP contribution in [0.1, 0.15) is 271 Å². The molecule has 58 heavy (non-hydrogen) atoms. The summed E-state index contributed by atoms with van der Waals surface area (Å²) in [7, 11) is 0. The zero-order valence-corrected chi connectivity index (χ0v) is 38.8. The van der Waals surface area contributed by atoms with Gasteiger partial charge in [-0.3, -0.25) is 14.4 Å². The third kappa shape index (κ3) is 45.0. The summed E-state index contributed by atoms with van der Waals surface area (Å²) in [4.78, 5) is 37.8. The van der Waals surface area contributed by atoms with Gasteiger partial charge >= 0.3 is 17.9 Å². The SMILES string of the molecule is CCCCCC/C=C\CCCC(=O)OCC(COC(=O)CCCCCCCCCCCCCCCCCCC)OC(=O)CCCCC/C=C\CCCCCCCCC. The van der Waals surface area contributed by atoms with Gasteiger partial charge in [0.25, 0.3) is 0 Å². The van der Waals surface area contributed by atoms with Crippen LogP contribution >= 0.6 is 0 Å². The summed E-state index contributed by atoms with van der Waals surface area (Å²) in [6.07, 6.45) is 53.2. The number of ether oxygens (including phenoxy) is 3. The van der Waals surface area contributed by atoms with Crippen molar-refractivity contribution in [1.29, 1.82) is 0 Å². The molecule has 0 saturated carbocycles. The van der Waals surface area contributed by atoms with E-state index in [1.54, 1.807) is 0 Å². The molecule has 6 heteroatoms. The van der Waals surface area contributed by atoms with Gasteiger partial charge < -0.3 is 14.2 Å². The van der Waals surface area contributed by atoms with Crippen LogP contribution in [0.15, 0.2) is 24.3 Å². The Morgan fingerprint density at radius 1 is 0.328 bits per heavy atom. The van der Waals surface area contributed by atoms with Crippen LogP contribution in [0.4, 0.5) is 0 Å². The number of hydrogen-bond donors (Lipinski definition) is 0. The molecule has 0 bridgehead atoms. The number of hydrogen-bond acceptors (Lipinski definition) is 6. The van der Waals surface area contributed by atoms with Crippen molar-refractivity contribution in [1.82, 2.24) is 0 Å². The van der Waals surface area contributed by atoms with Crippen LogP contribution < -0.4 is 0 Å². The Morgan fingerprint density at radius 3 is 0.966 bits per heavy atom. The van der Waals surface area contributed by atoms with E-state index in [2.05, 4.69) is 45.1 Å². The van der Waals surface area contributed by atoms with Gasteiger partial charge in [-0.15, -0.1) is 0 Å². The second-order valence-corrected chi connectivity index (χ2v) is 17.1. The first-order valence-corrected chi connectivity index (χ1v) is 25.3. The Kier molecular flexibility index (Phi) is 45.8. The zero-order chi connectivity index (χ0) is 42.3. The van der Waals surface area contributed by atoms with Crippen LogP contribution in [0.3, 0.4) is 0 Å². The maximum Gasteiger partial charge on any atom is 0.306 e. The molecule has 0 aromatic heterocycles. The standard InChI is InChI=1S/C52H96O6/c1-4-7-10-13-16-19-21-23-25-26-27-29-30-33-36-39-42-45-51(54)57-48-49(47-56-50(53)44-41-38-35-32-18-15-12-9-6-3)58-52(55)46-43-40-37-34-31-28-24-22-20-17-14-11-8-5-2/h28,31-32,35,49H,4-27,29-30,33-34,36-48H2,1-3H3/b31-28-,35-32-. The highest BCUT2D eigenvalue weighted by Crippen LogP contribution is 2.16. The van der Waals surface area contributed by atoms with E-state index in [9.17, 15) is 14.4 Å². The van der Waals surface area contributed by atoms with E-state index in [4.69, 9.17) is 14.2 Å². The van der Waals surface area contributed by atoms with Gasteiger partial charge in [0.05, 0.1) is 0 Å². The molecule has 6 nitrogen and oxygen atoms in total. The maximum absolute atomic E-state index is 12.7. The Hall–Kier alpha value is -2.11. The molecule has 0 aromatic rings. The smallest absolute Gasteiger partial charge is 0.306 e. The Balaban J connectivity index is 4.31. The molecule has 0 aliphatic rings. The molecule has 1 unspecified atom stereocenters. The zero-order valence-electron chi connectivity index (χ0n) is 38.8. The van der Waals surface area contributed by atoms with Gasteiger partial charge in [-0.2, -0.15) is 0 Å². The molecule has 0 fully saturated rings. The minimum absolute atomic E-state index is 0.0822. The first kappa shape index (κ1) is 55.9. The van der Waals surface area contributed by atoms with Gasteiger partial charge in [-0.1, -0.05) is 212 Å². The first-order valence-electron chi connectivity index (χ1n) is 25.3. The van der Waals surface area contributed by atoms with Gasteiger partial charge in [0.2, 0.25) is 0 Å². The molecule has 0 aromatic carbocycles. The molecule has 0 spiro atoms. The van der Waals surface area contributed by atoms with E-state index in [0.717, 1.165) is 70.6 Å². The molecular weight excluding hydrogens is 721 g/mol. The van der Waals surface area contributed by atoms with Gasteiger partial charge in [-0.25, -0.2) is 0 Å². The largest absolute Gasteiger partial charge is 0.462 e. The van der Waals surface area contributed by atoms with E-state index in [1.807, 2.05) is 0 Å². The van der Waals surface area contributed by atoms with Crippen molar-refractivity contribution in [3.8, 4) is 0 Å². The van der Waals surface area contributed by atoms with Crippen molar-refractivity contribution in [2.24, 2.45) is 0 Å². The summed E-state index contributed by atoms with van der Waals surface area (Å²) < 4.78 is 16.7. The molecule has 0 aliphatic heterocycles. The number of allylic oxidation sites excluding steroid dienone is 4. The molecular formula is C52H96O6. The van der Waals surface area contributed by atoms with Crippen LogP contribution in [-0.2, 0) is 28.6 Å². The highest BCUT2D eigenvalue weighted by molar-refractivity contribution is 5.71. The number of unbranched alkanes of at least 4 members (excludes halogenated alkanes) is 31. The molecule has 1 atom stereocenters. The molecule has 0 aliphatic carbocycles. The van der Waals surface area contributed by atoms with E-state index in [1.165, 1.54) is 161 Å². The van der Waals surface area contributed by atoms with Gasteiger partial charge in [0.1, 0.15) is 13.2 Å². The lowest BCUT2D eigenvalue weighted by atomic mass is 10.0. The molecule has 0 rings (SSSR count). The fourth-order valence-corrected chi connectivity index (χ4v) is 7.32. The van der Waals surface area contributed by atoms with Gasteiger partial charge in [-0.05, 0) is 64.2 Å². The summed E-state index contributed by atoms with van der Waals surface area (Å²) in [6.45, 7) is 6.58. The van der Waals surface area contributed by atoms with Crippen LogP contribution in [0.2, 0.25) is 0 Å². The summed E-state index contributed by atoms with van der Waals surface area (Å²) >= 11 is 0. The van der Waals surface area contributed by atoms with E-state index < -0.39 is 6.10 Å². The van der Waals surface area contributed by atoms with Gasteiger partial charge in [0, 0.05) is 19.3 Å². The van der Waals surface area contributed by atoms with Crippen molar-refractivity contribution in [3.05, 3.63) is 24.3 Å². The minimum atomic E-state index is -0.784. The Bertz CT molecular complexity index is 942. The second-order valence-electron chi connectivity index (χ2n) is 17.1. The van der Waals surface area contributed by atoms with E-state index in [0.29, 0.717) is 19.3 Å². The summed E-state index contributed by atoms with van der Waals surface area (Å²) in [5, 5.41) is 0. The monoisotopic (exact) mass is 817 g/mol. The summed E-state index contributed by atoms with van der Waals surface area (Å²) in [6, 6.07) is 0. The summed E-state index contributed by atoms with van der Waals surface area (Å²) in [5.41, 5.74) is 0. The number of carbonyl (C=O) groups excluding carboxylic acids is 3. The number of rotatable bonds is 46. The van der Waals surface area contributed by atoms with Crippen LogP contribution in [0, 0.1) is 0 Å². The molecule has 0 heterocycles. The lowest BCUT2D eigenvalue weighted by Crippen LogP contribution is -2.30. The Morgan fingerprint density at radius 2 is 0.586 bits per heavy atom. The number of carbonyl (C=O) groups is 3. The lowest BCUT2D eigenvalue weighted by molar-refractivity contribution is -0.167. The quantitative estimate of drug-likeness (QED) is 0.0263. The van der Waals surface area contributed by atoms with Crippen molar-refractivity contribution in [3.63, 3.8) is 0 Å². The Labute approximate surface area is 360 Å². The third-order valence-electron chi connectivity index (χ3n) is 11.2. The molecule has 0 amide bonds. The molecule has 0 radical (unpaired) electrons. The summed E-state index contributed by atoms with van der Waals surface area (Å²) in [5.74, 6) is -0.925.